The monoisotopic (exact) mass is 359 g/mol. The number of pyridine rings is 1. The standard InChI is InChI=1S/C20H13N3O4/c21-11-17-10-18(23(26)27)12-22(20(17)25)13-19(24)16-8-6-15(7-9-16)14-4-2-1-3-5-14/h1-10,12H,13H2. The molecule has 1 aromatic heterocycles. The number of nitrogens with zero attached hydrogens (tertiary/aromatic N) is 3. The molecule has 0 aliphatic heterocycles. The number of Topliss-reactive ketones (excluding diaryl/α,β-unsaturated/α-hetero) is 1. The molecule has 3 aromatic rings. The maximum Gasteiger partial charge on any atom is 0.287 e. The van der Waals surface area contributed by atoms with E-state index >= 15 is 0 Å². The number of carbonyl (C=O) groups is 1. The van der Waals surface area contributed by atoms with E-state index in [9.17, 15) is 19.7 Å². The molecule has 0 fully saturated rings. The molecular weight excluding hydrogens is 346 g/mol. The normalized spacial score (nSPS) is 10.2. The highest BCUT2D eigenvalue weighted by molar-refractivity contribution is 5.96. The molecule has 7 heteroatoms. The average Bonchev–Trinajstić information content (AvgIpc) is 2.70. The summed E-state index contributed by atoms with van der Waals surface area (Å²) in [5, 5.41) is 19.9. The summed E-state index contributed by atoms with van der Waals surface area (Å²) in [6, 6.07) is 19.0. The first-order valence-electron chi connectivity index (χ1n) is 7.97. The van der Waals surface area contributed by atoms with Gasteiger partial charge in [-0.15, -0.1) is 0 Å². The van der Waals surface area contributed by atoms with Crippen molar-refractivity contribution < 1.29 is 9.72 Å². The number of nitro groups is 1. The molecule has 3 rings (SSSR count). The second-order valence-electron chi connectivity index (χ2n) is 5.78. The topological polar surface area (TPSA) is 106 Å². The van der Waals surface area contributed by atoms with Crippen LogP contribution in [0.25, 0.3) is 11.1 Å². The summed E-state index contributed by atoms with van der Waals surface area (Å²) >= 11 is 0. The molecule has 0 aliphatic carbocycles. The Hall–Kier alpha value is -4.05. The van der Waals surface area contributed by atoms with Crippen molar-refractivity contribution in [3.8, 4) is 17.2 Å². The van der Waals surface area contributed by atoms with Crippen molar-refractivity contribution in [2.24, 2.45) is 0 Å². The van der Waals surface area contributed by atoms with Gasteiger partial charge in [-0.2, -0.15) is 5.26 Å². The third-order valence-corrected chi connectivity index (χ3v) is 4.03. The van der Waals surface area contributed by atoms with Crippen LogP contribution in [0.5, 0.6) is 0 Å². The Labute approximate surface area is 153 Å². The summed E-state index contributed by atoms with van der Waals surface area (Å²) < 4.78 is 0.893. The summed E-state index contributed by atoms with van der Waals surface area (Å²) in [6.07, 6.45) is 0.972. The Kier molecular flexibility index (Phi) is 4.90. The van der Waals surface area contributed by atoms with Crippen LogP contribution in [-0.2, 0) is 6.54 Å². The van der Waals surface area contributed by atoms with Gasteiger partial charge in [-0.3, -0.25) is 24.3 Å². The Balaban J connectivity index is 1.88. The fourth-order valence-corrected chi connectivity index (χ4v) is 2.64. The fraction of sp³-hybridized carbons (Fsp3) is 0.0500. The molecule has 7 nitrogen and oxygen atoms in total. The van der Waals surface area contributed by atoms with Gasteiger partial charge in [0.15, 0.2) is 5.78 Å². The molecule has 0 spiro atoms. The van der Waals surface area contributed by atoms with Gasteiger partial charge in [0.05, 0.1) is 17.7 Å². The predicted molar refractivity (Wildman–Crippen MR) is 98.3 cm³/mol. The number of ketones is 1. The molecule has 2 aromatic carbocycles. The summed E-state index contributed by atoms with van der Waals surface area (Å²) in [6.45, 7) is -0.389. The summed E-state index contributed by atoms with van der Waals surface area (Å²) in [5.41, 5.74) is 0.773. The molecule has 0 amide bonds. The lowest BCUT2D eigenvalue weighted by atomic mass is 10.0. The van der Waals surface area contributed by atoms with Crippen LogP contribution >= 0.6 is 0 Å². The number of benzene rings is 2. The van der Waals surface area contributed by atoms with E-state index in [-0.39, 0.29) is 17.9 Å². The summed E-state index contributed by atoms with van der Waals surface area (Å²) in [4.78, 5) is 34.9. The van der Waals surface area contributed by atoms with Crippen molar-refractivity contribution in [1.29, 1.82) is 5.26 Å². The van der Waals surface area contributed by atoms with Crippen molar-refractivity contribution in [2.75, 3.05) is 0 Å². The zero-order valence-corrected chi connectivity index (χ0v) is 14.0. The van der Waals surface area contributed by atoms with Gasteiger partial charge in [-0.25, -0.2) is 0 Å². The van der Waals surface area contributed by atoms with E-state index in [1.165, 1.54) is 0 Å². The van der Waals surface area contributed by atoms with Gasteiger partial charge in [0.2, 0.25) is 0 Å². The quantitative estimate of drug-likeness (QED) is 0.395. The van der Waals surface area contributed by atoms with E-state index in [1.807, 2.05) is 30.3 Å². The van der Waals surface area contributed by atoms with Gasteiger partial charge < -0.3 is 0 Å². The van der Waals surface area contributed by atoms with Crippen LogP contribution in [0, 0.1) is 21.4 Å². The Morgan fingerprint density at radius 3 is 2.30 bits per heavy atom. The zero-order valence-electron chi connectivity index (χ0n) is 14.0. The SMILES string of the molecule is N#Cc1cc([N+](=O)[O-])cn(CC(=O)c2ccc(-c3ccccc3)cc2)c1=O. The summed E-state index contributed by atoms with van der Waals surface area (Å²) in [5.74, 6) is -0.388. The van der Waals surface area contributed by atoms with E-state index in [2.05, 4.69) is 0 Å². The van der Waals surface area contributed by atoms with Gasteiger partial charge >= 0.3 is 0 Å². The number of hydrogen-bond acceptors (Lipinski definition) is 5. The van der Waals surface area contributed by atoms with E-state index in [1.54, 1.807) is 30.3 Å². The molecule has 0 N–H and O–H groups in total. The number of nitriles is 1. The Morgan fingerprint density at radius 2 is 1.70 bits per heavy atom. The van der Waals surface area contributed by atoms with Crippen molar-refractivity contribution in [3.63, 3.8) is 0 Å². The minimum Gasteiger partial charge on any atom is -0.300 e. The second kappa shape index (κ2) is 7.45. The lowest BCUT2D eigenvalue weighted by molar-refractivity contribution is -0.385. The minimum absolute atomic E-state index is 0.367. The van der Waals surface area contributed by atoms with Crippen LogP contribution in [-0.4, -0.2) is 15.3 Å². The van der Waals surface area contributed by atoms with E-state index in [0.717, 1.165) is 28.0 Å². The van der Waals surface area contributed by atoms with Gasteiger partial charge in [0.25, 0.3) is 11.2 Å². The summed E-state index contributed by atoms with van der Waals surface area (Å²) in [7, 11) is 0. The first kappa shape index (κ1) is 17.8. The number of hydrogen-bond donors (Lipinski definition) is 0. The largest absolute Gasteiger partial charge is 0.300 e. The van der Waals surface area contributed by atoms with Gasteiger partial charge in [-0.05, 0) is 11.1 Å². The average molecular weight is 359 g/mol. The highest BCUT2D eigenvalue weighted by Crippen LogP contribution is 2.19. The molecule has 0 atom stereocenters. The lowest BCUT2D eigenvalue weighted by Gasteiger charge is -2.07. The smallest absolute Gasteiger partial charge is 0.287 e. The lowest BCUT2D eigenvalue weighted by Crippen LogP contribution is -2.26. The first-order valence-corrected chi connectivity index (χ1v) is 7.97. The number of carbonyl (C=O) groups excluding carboxylic acids is 1. The molecule has 0 aliphatic rings. The maximum atomic E-state index is 12.5. The van der Waals surface area contributed by atoms with Crippen LogP contribution in [0.1, 0.15) is 15.9 Å². The van der Waals surface area contributed by atoms with Crippen molar-refractivity contribution >= 4 is 11.5 Å². The van der Waals surface area contributed by atoms with Gasteiger partial charge in [-0.1, -0.05) is 54.6 Å². The number of rotatable bonds is 5. The highest BCUT2D eigenvalue weighted by atomic mass is 16.6. The Morgan fingerprint density at radius 1 is 1.07 bits per heavy atom. The fourth-order valence-electron chi connectivity index (χ4n) is 2.64. The maximum absolute atomic E-state index is 12.5. The van der Waals surface area contributed by atoms with Gasteiger partial charge in [0, 0.05) is 11.6 Å². The Bertz CT molecular complexity index is 1110. The third kappa shape index (κ3) is 3.80. The molecular formula is C20H13N3O4. The molecule has 27 heavy (non-hydrogen) atoms. The predicted octanol–water partition coefficient (Wildman–Crippen LogP) is 3.18. The minimum atomic E-state index is -0.739. The van der Waals surface area contributed by atoms with E-state index < -0.39 is 16.2 Å². The van der Waals surface area contributed by atoms with Crippen molar-refractivity contribution in [2.45, 2.75) is 6.54 Å². The second-order valence-corrected chi connectivity index (χ2v) is 5.78. The first-order chi connectivity index (χ1) is 13.0. The zero-order chi connectivity index (χ0) is 19.4. The number of aromatic nitrogens is 1. The molecule has 1 heterocycles. The van der Waals surface area contributed by atoms with Crippen LogP contribution in [0.15, 0.2) is 71.7 Å². The third-order valence-electron chi connectivity index (χ3n) is 4.03. The molecule has 0 saturated heterocycles. The van der Waals surface area contributed by atoms with Crippen molar-refractivity contribution in [3.05, 3.63) is 98.5 Å². The van der Waals surface area contributed by atoms with Crippen LogP contribution in [0.3, 0.4) is 0 Å². The molecule has 0 radical (unpaired) electrons. The molecule has 132 valence electrons. The van der Waals surface area contributed by atoms with Crippen LogP contribution in [0.4, 0.5) is 5.69 Å². The van der Waals surface area contributed by atoms with Gasteiger partial charge in [0.1, 0.15) is 11.6 Å². The van der Waals surface area contributed by atoms with Crippen LogP contribution < -0.4 is 5.56 Å². The molecule has 0 saturated carbocycles. The van der Waals surface area contributed by atoms with E-state index in [4.69, 9.17) is 5.26 Å². The molecule has 0 bridgehead atoms. The van der Waals surface area contributed by atoms with Crippen LogP contribution in [0.2, 0.25) is 0 Å². The highest BCUT2D eigenvalue weighted by Gasteiger charge is 2.16. The van der Waals surface area contributed by atoms with E-state index in [0.29, 0.717) is 5.56 Å². The van der Waals surface area contributed by atoms with Crippen molar-refractivity contribution in [1.82, 2.24) is 4.57 Å². The molecule has 0 unspecified atom stereocenters.